The van der Waals surface area contributed by atoms with Crippen molar-refractivity contribution in [3.05, 3.63) is 32.9 Å². The van der Waals surface area contributed by atoms with Gasteiger partial charge in [-0.05, 0) is 40.3 Å². The first-order valence-corrected chi connectivity index (χ1v) is 4.58. The zero-order valence-corrected chi connectivity index (χ0v) is 8.69. The van der Waals surface area contributed by atoms with Crippen LogP contribution in [-0.2, 0) is 12.7 Å². The van der Waals surface area contributed by atoms with E-state index in [0.717, 1.165) is 6.07 Å². The van der Waals surface area contributed by atoms with Gasteiger partial charge in [-0.15, -0.1) is 0 Å². The van der Waals surface area contributed by atoms with Crippen molar-refractivity contribution >= 4 is 22.6 Å². The van der Waals surface area contributed by atoms with Gasteiger partial charge in [0.1, 0.15) is 0 Å². The molecule has 1 aromatic rings. The lowest BCUT2D eigenvalue weighted by Crippen LogP contribution is -2.12. The summed E-state index contributed by atoms with van der Waals surface area (Å²) in [7, 11) is 0. The standard InChI is InChI=1S/C8H7F3IN/c9-8(10,11)7-3-6(12)2-1-5(7)4-13/h1-3H,4,13H2. The van der Waals surface area contributed by atoms with E-state index in [1.54, 1.807) is 6.07 Å². The molecule has 2 N–H and O–H groups in total. The molecule has 1 aromatic carbocycles. The molecule has 0 fully saturated rings. The van der Waals surface area contributed by atoms with Crippen molar-refractivity contribution < 1.29 is 13.2 Å². The van der Waals surface area contributed by atoms with Crippen molar-refractivity contribution in [2.24, 2.45) is 5.73 Å². The predicted molar refractivity (Wildman–Crippen MR) is 52.1 cm³/mol. The lowest BCUT2D eigenvalue weighted by Gasteiger charge is -2.11. The minimum Gasteiger partial charge on any atom is -0.326 e. The first-order valence-electron chi connectivity index (χ1n) is 3.51. The van der Waals surface area contributed by atoms with Crippen molar-refractivity contribution in [3.63, 3.8) is 0 Å². The third kappa shape index (κ3) is 2.57. The molecule has 13 heavy (non-hydrogen) atoms. The van der Waals surface area contributed by atoms with Crippen LogP contribution in [0.5, 0.6) is 0 Å². The van der Waals surface area contributed by atoms with Crippen molar-refractivity contribution in [2.45, 2.75) is 12.7 Å². The van der Waals surface area contributed by atoms with E-state index in [9.17, 15) is 13.2 Å². The first-order chi connectivity index (χ1) is 5.95. The molecule has 0 aliphatic rings. The van der Waals surface area contributed by atoms with Gasteiger partial charge in [-0.25, -0.2) is 0 Å². The average Bonchev–Trinajstić information content (AvgIpc) is 2.03. The van der Waals surface area contributed by atoms with Crippen LogP contribution in [0.2, 0.25) is 0 Å². The third-order valence-corrected chi connectivity index (χ3v) is 2.27. The highest BCUT2D eigenvalue weighted by Gasteiger charge is 2.32. The molecule has 72 valence electrons. The fourth-order valence-electron chi connectivity index (χ4n) is 0.991. The second-order valence-electron chi connectivity index (χ2n) is 2.50. The van der Waals surface area contributed by atoms with E-state index in [0.29, 0.717) is 3.57 Å². The molecule has 0 aliphatic heterocycles. The van der Waals surface area contributed by atoms with Gasteiger partial charge in [-0.2, -0.15) is 13.2 Å². The molecule has 0 saturated heterocycles. The van der Waals surface area contributed by atoms with Crippen molar-refractivity contribution in [3.8, 4) is 0 Å². The normalized spacial score (nSPS) is 11.8. The van der Waals surface area contributed by atoms with Gasteiger partial charge >= 0.3 is 6.18 Å². The summed E-state index contributed by atoms with van der Waals surface area (Å²) in [5, 5.41) is 0. The van der Waals surface area contributed by atoms with Gasteiger partial charge in [-0.3, -0.25) is 0 Å². The van der Waals surface area contributed by atoms with Crippen LogP contribution in [0.4, 0.5) is 13.2 Å². The van der Waals surface area contributed by atoms with Crippen molar-refractivity contribution in [1.29, 1.82) is 0 Å². The van der Waals surface area contributed by atoms with E-state index < -0.39 is 11.7 Å². The summed E-state index contributed by atoms with van der Waals surface area (Å²) in [6.07, 6.45) is -4.31. The minimum atomic E-state index is -4.31. The molecule has 0 amide bonds. The lowest BCUT2D eigenvalue weighted by molar-refractivity contribution is -0.138. The smallest absolute Gasteiger partial charge is 0.326 e. The number of halogens is 4. The number of hydrogen-bond acceptors (Lipinski definition) is 1. The number of rotatable bonds is 1. The molecule has 1 nitrogen and oxygen atoms in total. The van der Waals surface area contributed by atoms with Gasteiger partial charge in [-0.1, -0.05) is 6.07 Å². The Balaban J connectivity index is 3.24. The average molecular weight is 301 g/mol. The maximum absolute atomic E-state index is 12.4. The maximum Gasteiger partial charge on any atom is 0.416 e. The van der Waals surface area contributed by atoms with Crippen LogP contribution in [0.15, 0.2) is 18.2 Å². The monoisotopic (exact) mass is 301 g/mol. The van der Waals surface area contributed by atoms with Gasteiger partial charge in [0.2, 0.25) is 0 Å². The van der Waals surface area contributed by atoms with Crippen molar-refractivity contribution in [2.75, 3.05) is 0 Å². The molecule has 0 saturated carbocycles. The summed E-state index contributed by atoms with van der Waals surface area (Å²) in [6, 6.07) is 4.12. The van der Waals surface area contributed by atoms with Crippen molar-refractivity contribution in [1.82, 2.24) is 0 Å². The quantitative estimate of drug-likeness (QED) is 0.793. The van der Waals surface area contributed by atoms with E-state index in [1.165, 1.54) is 6.07 Å². The van der Waals surface area contributed by atoms with Crippen LogP contribution < -0.4 is 5.73 Å². The highest BCUT2D eigenvalue weighted by molar-refractivity contribution is 14.1. The van der Waals surface area contributed by atoms with Gasteiger partial charge in [0.25, 0.3) is 0 Å². The maximum atomic E-state index is 12.4. The molecule has 0 aliphatic carbocycles. The summed E-state index contributed by atoms with van der Waals surface area (Å²) >= 11 is 1.84. The van der Waals surface area contributed by atoms with Gasteiger partial charge in [0, 0.05) is 10.1 Å². The first kappa shape index (κ1) is 10.8. The van der Waals surface area contributed by atoms with E-state index >= 15 is 0 Å². The Labute approximate surface area is 87.3 Å². The zero-order chi connectivity index (χ0) is 10.1. The lowest BCUT2D eigenvalue weighted by atomic mass is 10.1. The number of alkyl halides is 3. The van der Waals surface area contributed by atoms with E-state index in [4.69, 9.17) is 5.73 Å². The Kier molecular flexibility index (Phi) is 3.18. The summed E-state index contributed by atoms with van der Waals surface area (Å²) in [5.41, 5.74) is 4.69. The van der Waals surface area contributed by atoms with Crippen LogP contribution in [0, 0.1) is 3.57 Å². The highest BCUT2D eigenvalue weighted by atomic mass is 127. The van der Waals surface area contributed by atoms with Gasteiger partial charge in [0.05, 0.1) is 5.56 Å². The summed E-state index contributed by atoms with van der Waals surface area (Å²) in [5.74, 6) is 0. The Bertz CT molecular complexity index is 309. The second-order valence-corrected chi connectivity index (χ2v) is 3.75. The van der Waals surface area contributed by atoms with Crippen LogP contribution in [0.25, 0.3) is 0 Å². The minimum absolute atomic E-state index is 0.0915. The van der Waals surface area contributed by atoms with E-state index in [2.05, 4.69) is 0 Å². The molecule has 0 spiro atoms. The SMILES string of the molecule is NCc1ccc(I)cc1C(F)(F)F. The molecule has 0 bridgehead atoms. The van der Waals surface area contributed by atoms with Gasteiger partial charge < -0.3 is 5.73 Å². The number of nitrogens with two attached hydrogens (primary N) is 1. The molecule has 0 heterocycles. The molecule has 5 heteroatoms. The molecular weight excluding hydrogens is 294 g/mol. The molecule has 0 unspecified atom stereocenters. The Morgan fingerprint density at radius 1 is 1.31 bits per heavy atom. The topological polar surface area (TPSA) is 26.0 Å². The van der Waals surface area contributed by atoms with Crippen LogP contribution in [0.1, 0.15) is 11.1 Å². The third-order valence-electron chi connectivity index (χ3n) is 1.60. The fraction of sp³-hybridized carbons (Fsp3) is 0.250. The Morgan fingerprint density at radius 3 is 2.38 bits per heavy atom. The Hall–Kier alpha value is -0.300. The zero-order valence-electron chi connectivity index (χ0n) is 6.53. The van der Waals surface area contributed by atoms with E-state index in [-0.39, 0.29) is 12.1 Å². The van der Waals surface area contributed by atoms with Crippen LogP contribution in [-0.4, -0.2) is 0 Å². The molecule has 0 atom stereocenters. The summed E-state index contributed by atoms with van der Waals surface area (Å²) in [6.45, 7) is -0.0915. The van der Waals surface area contributed by atoms with Gasteiger partial charge in [0.15, 0.2) is 0 Å². The predicted octanol–water partition coefficient (Wildman–Crippen LogP) is 2.77. The number of hydrogen-bond donors (Lipinski definition) is 1. The van der Waals surface area contributed by atoms with Crippen LogP contribution in [0.3, 0.4) is 0 Å². The van der Waals surface area contributed by atoms with Crippen LogP contribution >= 0.6 is 22.6 Å². The summed E-state index contributed by atoms with van der Waals surface area (Å²) < 4.78 is 37.6. The molecular formula is C8H7F3IN. The molecule has 1 rings (SSSR count). The molecule has 0 aromatic heterocycles. The van der Waals surface area contributed by atoms with E-state index in [1.807, 2.05) is 22.6 Å². The summed E-state index contributed by atoms with van der Waals surface area (Å²) in [4.78, 5) is 0. The fourth-order valence-corrected chi connectivity index (χ4v) is 1.48. The number of benzene rings is 1. The highest BCUT2D eigenvalue weighted by Crippen LogP contribution is 2.32. The second kappa shape index (κ2) is 3.83. The Morgan fingerprint density at radius 2 is 1.92 bits per heavy atom. The largest absolute Gasteiger partial charge is 0.416 e. The molecule has 0 radical (unpaired) electrons.